The molecule has 0 saturated carbocycles. The van der Waals surface area contributed by atoms with E-state index in [0.29, 0.717) is 12.1 Å². The van der Waals surface area contributed by atoms with Gasteiger partial charge in [0.1, 0.15) is 0 Å². The zero-order valence-electron chi connectivity index (χ0n) is 13.2. The molecule has 19 heavy (non-hydrogen) atoms. The number of rotatable bonds is 8. The quantitative estimate of drug-likeness (QED) is 0.646. The molecule has 0 fully saturated rings. The van der Waals surface area contributed by atoms with Crippen LogP contribution in [0.5, 0.6) is 0 Å². The maximum Gasteiger partial charge on any atom is 0.0249 e. The zero-order chi connectivity index (χ0) is 14.4. The number of nitrogens with zero attached hydrogens (tertiary/aromatic N) is 2. The molecule has 4 N–H and O–H groups in total. The molecule has 112 valence electrons. The molecule has 0 aromatic carbocycles. The van der Waals surface area contributed by atoms with E-state index in [1.165, 1.54) is 19.3 Å². The highest BCUT2D eigenvalue weighted by atomic mass is 15.1. The van der Waals surface area contributed by atoms with Crippen molar-refractivity contribution in [3.63, 3.8) is 0 Å². The highest BCUT2D eigenvalue weighted by Crippen LogP contribution is 2.33. The van der Waals surface area contributed by atoms with Gasteiger partial charge in [-0.2, -0.15) is 0 Å². The van der Waals surface area contributed by atoms with Gasteiger partial charge in [-0.1, -0.05) is 11.1 Å². The molecule has 1 rings (SSSR count). The molecule has 2 atom stereocenters. The SMILES string of the molecule is CN(C)[C@@H](CN)CC1=C(C[C@H](CN)N(C)C)CCC1. The minimum Gasteiger partial charge on any atom is -0.329 e. The van der Waals surface area contributed by atoms with Gasteiger partial charge in [0.05, 0.1) is 0 Å². The number of nitrogens with two attached hydrogens (primary N) is 2. The van der Waals surface area contributed by atoms with Crippen molar-refractivity contribution in [1.29, 1.82) is 0 Å². The molecule has 0 saturated heterocycles. The summed E-state index contributed by atoms with van der Waals surface area (Å²) in [5.74, 6) is 0. The molecule has 0 bridgehead atoms. The number of hydrogen-bond donors (Lipinski definition) is 2. The second-order valence-electron chi connectivity index (χ2n) is 6.18. The Kier molecular flexibility index (Phi) is 7.00. The smallest absolute Gasteiger partial charge is 0.0249 e. The average molecular weight is 268 g/mol. The van der Waals surface area contributed by atoms with Crippen molar-refractivity contribution in [3.05, 3.63) is 11.1 Å². The largest absolute Gasteiger partial charge is 0.329 e. The Labute approximate surface area is 118 Å². The number of hydrogen-bond acceptors (Lipinski definition) is 4. The van der Waals surface area contributed by atoms with Crippen LogP contribution in [0.1, 0.15) is 32.1 Å². The van der Waals surface area contributed by atoms with Gasteiger partial charge >= 0.3 is 0 Å². The van der Waals surface area contributed by atoms with Gasteiger partial charge in [0.25, 0.3) is 0 Å². The fraction of sp³-hybridized carbons (Fsp3) is 0.867. The Morgan fingerprint density at radius 2 is 1.21 bits per heavy atom. The van der Waals surface area contributed by atoms with Crippen LogP contribution < -0.4 is 11.5 Å². The van der Waals surface area contributed by atoms with Crippen LogP contribution in [0.15, 0.2) is 11.1 Å². The van der Waals surface area contributed by atoms with Gasteiger partial charge in [-0.05, 0) is 60.3 Å². The third-order valence-corrected chi connectivity index (χ3v) is 4.43. The molecule has 0 heterocycles. The Morgan fingerprint density at radius 1 is 0.842 bits per heavy atom. The molecule has 4 nitrogen and oxygen atoms in total. The Hall–Kier alpha value is -0.420. The zero-order valence-corrected chi connectivity index (χ0v) is 13.2. The van der Waals surface area contributed by atoms with E-state index < -0.39 is 0 Å². The van der Waals surface area contributed by atoms with Gasteiger partial charge < -0.3 is 21.3 Å². The first kappa shape index (κ1) is 16.6. The molecule has 1 aliphatic carbocycles. The molecular formula is C15H32N4. The molecule has 0 spiro atoms. The van der Waals surface area contributed by atoms with Crippen LogP contribution in [0.25, 0.3) is 0 Å². The van der Waals surface area contributed by atoms with E-state index >= 15 is 0 Å². The maximum atomic E-state index is 5.88. The lowest BCUT2D eigenvalue weighted by atomic mass is 9.97. The van der Waals surface area contributed by atoms with Crippen LogP contribution >= 0.6 is 0 Å². The molecule has 1 aliphatic rings. The first-order valence-electron chi connectivity index (χ1n) is 7.42. The summed E-state index contributed by atoms with van der Waals surface area (Å²) in [5, 5.41) is 0. The second-order valence-corrected chi connectivity index (χ2v) is 6.18. The van der Waals surface area contributed by atoms with E-state index in [1.54, 1.807) is 11.1 Å². The monoisotopic (exact) mass is 268 g/mol. The minimum atomic E-state index is 0.471. The molecule has 4 heteroatoms. The molecule has 0 amide bonds. The fourth-order valence-corrected chi connectivity index (χ4v) is 2.88. The molecule has 0 aromatic heterocycles. The standard InChI is InChI=1S/C15H32N4/c1-18(2)14(10-16)8-12-6-5-7-13(12)9-15(11-17)19(3)4/h14-15H,5-11,16-17H2,1-4H3/t14-,15-/m1/s1. The lowest BCUT2D eigenvalue weighted by Crippen LogP contribution is -2.36. The van der Waals surface area contributed by atoms with Gasteiger partial charge in [0, 0.05) is 25.2 Å². The summed E-state index contributed by atoms with van der Waals surface area (Å²) in [6.07, 6.45) is 6.07. The Balaban J connectivity index is 2.70. The van der Waals surface area contributed by atoms with Gasteiger partial charge in [0.2, 0.25) is 0 Å². The topological polar surface area (TPSA) is 58.5 Å². The van der Waals surface area contributed by atoms with Gasteiger partial charge in [-0.15, -0.1) is 0 Å². The molecule has 0 aromatic rings. The third kappa shape index (κ3) is 4.88. The van der Waals surface area contributed by atoms with E-state index in [0.717, 1.165) is 25.9 Å². The van der Waals surface area contributed by atoms with Gasteiger partial charge in [-0.25, -0.2) is 0 Å². The van der Waals surface area contributed by atoms with Crippen molar-refractivity contribution >= 4 is 0 Å². The second kappa shape index (κ2) is 8.00. The molecular weight excluding hydrogens is 236 g/mol. The molecule has 0 radical (unpaired) electrons. The number of likely N-dealkylation sites (N-methyl/N-ethyl adjacent to an activating group) is 2. The van der Waals surface area contributed by atoms with Crippen LogP contribution in [-0.4, -0.2) is 63.2 Å². The summed E-state index contributed by atoms with van der Waals surface area (Å²) in [6.45, 7) is 1.47. The van der Waals surface area contributed by atoms with Crippen LogP contribution in [0, 0.1) is 0 Å². The first-order valence-corrected chi connectivity index (χ1v) is 7.42. The van der Waals surface area contributed by atoms with Gasteiger partial charge in [-0.3, -0.25) is 0 Å². The predicted octanol–water partition coefficient (Wildman–Crippen LogP) is 1.02. The minimum absolute atomic E-state index is 0.471. The van der Waals surface area contributed by atoms with Crippen molar-refractivity contribution in [2.45, 2.75) is 44.2 Å². The lowest BCUT2D eigenvalue weighted by molar-refractivity contribution is 0.290. The van der Waals surface area contributed by atoms with E-state index in [-0.39, 0.29) is 0 Å². The summed E-state index contributed by atoms with van der Waals surface area (Å²) < 4.78 is 0. The Morgan fingerprint density at radius 3 is 1.47 bits per heavy atom. The predicted molar refractivity (Wildman–Crippen MR) is 83.2 cm³/mol. The van der Waals surface area contributed by atoms with E-state index in [2.05, 4.69) is 38.0 Å². The maximum absolute atomic E-state index is 5.88. The highest BCUT2D eigenvalue weighted by molar-refractivity contribution is 5.21. The summed E-state index contributed by atoms with van der Waals surface area (Å²) in [6, 6.07) is 0.942. The van der Waals surface area contributed by atoms with Crippen LogP contribution in [0.4, 0.5) is 0 Å². The van der Waals surface area contributed by atoms with Gasteiger partial charge in [0.15, 0.2) is 0 Å². The summed E-state index contributed by atoms with van der Waals surface area (Å²) in [4.78, 5) is 4.49. The highest BCUT2D eigenvalue weighted by Gasteiger charge is 2.21. The fourth-order valence-electron chi connectivity index (χ4n) is 2.88. The molecule has 0 unspecified atom stereocenters. The van der Waals surface area contributed by atoms with E-state index in [9.17, 15) is 0 Å². The average Bonchev–Trinajstić information content (AvgIpc) is 2.79. The van der Waals surface area contributed by atoms with E-state index in [4.69, 9.17) is 11.5 Å². The van der Waals surface area contributed by atoms with Crippen LogP contribution in [-0.2, 0) is 0 Å². The lowest BCUT2D eigenvalue weighted by Gasteiger charge is -2.26. The normalized spacial score (nSPS) is 19.6. The summed E-state index contributed by atoms with van der Waals surface area (Å²) >= 11 is 0. The van der Waals surface area contributed by atoms with Crippen molar-refractivity contribution in [2.75, 3.05) is 41.3 Å². The van der Waals surface area contributed by atoms with Crippen LogP contribution in [0.2, 0.25) is 0 Å². The third-order valence-electron chi connectivity index (χ3n) is 4.43. The molecule has 0 aliphatic heterocycles. The van der Waals surface area contributed by atoms with Crippen LogP contribution in [0.3, 0.4) is 0 Å². The van der Waals surface area contributed by atoms with Crippen molar-refractivity contribution in [1.82, 2.24) is 9.80 Å². The summed E-state index contributed by atoms with van der Waals surface area (Å²) in [5.41, 5.74) is 15.0. The Bertz CT molecular complexity index is 269. The van der Waals surface area contributed by atoms with Crippen molar-refractivity contribution in [3.8, 4) is 0 Å². The van der Waals surface area contributed by atoms with E-state index in [1.807, 2.05) is 0 Å². The van der Waals surface area contributed by atoms with Crippen molar-refractivity contribution in [2.24, 2.45) is 11.5 Å². The first-order chi connectivity index (χ1) is 8.99. The summed E-state index contributed by atoms with van der Waals surface area (Å²) in [7, 11) is 8.48. The van der Waals surface area contributed by atoms with Crippen molar-refractivity contribution < 1.29 is 0 Å².